The predicted octanol–water partition coefficient (Wildman–Crippen LogP) is 6.12. The number of thioether (sulfide) groups is 1. The largest absolute Gasteiger partial charge is 0.247 e. The number of hydrogen-bond acceptors (Lipinski definition) is 2. The van der Waals surface area contributed by atoms with E-state index >= 15 is 0 Å². The molecule has 104 valence electrons. The number of halogens is 2. The first-order chi connectivity index (χ1) is 10.1. The average molecular weight is 332 g/mol. The molecule has 0 atom stereocenters. The lowest BCUT2D eigenvalue weighted by molar-refractivity contribution is 1.23. The normalized spacial score (nSPS) is 13.1. The lowest BCUT2D eigenvalue weighted by atomic mass is 10.0. The van der Waals surface area contributed by atoms with Gasteiger partial charge in [-0.2, -0.15) is 0 Å². The first-order valence-electron chi connectivity index (χ1n) is 6.65. The molecule has 0 unspecified atom stereocenters. The van der Waals surface area contributed by atoms with Gasteiger partial charge in [0.25, 0.3) is 0 Å². The zero-order chi connectivity index (χ0) is 14.6. The fourth-order valence-corrected chi connectivity index (χ4v) is 4.31. The van der Waals surface area contributed by atoms with Crippen molar-refractivity contribution in [2.45, 2.75) is 17.6 Å². The van der Waals surface area contributed by atoms with Gasteiger partial charge in [-0.3, -0.25) is 0 Å². The molecule has 2 aromatic carbocycles. The number of fused-ring (bicyclic) bond motifs is 4. The summed E-state index contributed by atoms with van der Waals surface area (Å²) in [5.74, 6) is 0.847. The van der Waals surface area contributed by atoms with Crippen LogP contribution in [0.3, 0.4) is 0 Å². The number of rotatable bonds is 0. The minimum Gasteiger partial charge on any atom is -0.247 e. The van der Waals surface area contributed by atoms with E-state index in [-0.39, 0.29) is 0 Å². The summed E-state index contributed by atoms with van der Waals surface area (Å²) in [7, 11) is 0. The molecule has 0 saturated heterocycles. The summed E-state index contributed by atoms with van der Waals surface area (Å²) < 4.78 is 0. The maximum atomic E-state index is 6.63. The Labute approximate surface area is 137 Å². The summed E-state index contributed by atoms with van der Waals surface area (Å²) in [5.41, 5.74) is 5.42. The van der Waals surface area contributed by atoms with Crippen molar-refractivity contribution in [1.29, 1.82) is 0 Å². The SMILES string of the molecule is Cc1ccc2c(c1)-c1nc3ccc(Cl)cc3c(Cl)c1CS2. The second kappa shape index (κ2) is 4.91. The van der Waals surface area contributed by atoms with E-state index in [4.69, 9.17) is 28.2 Å². The molecule has 1 nitrogen and oxygen atoms in total. The van der Waals surface area contributed by atoms with Crippen molar-refractivity contribution >= 4 is 45.9 Å². The maximum absolute atomic E-state index is 6.63. The van der Waals surface area contributed by atoms with E-state index in [0.29, 0.717) is 5.02 Å². The summed E-state index contributed by atoms with van der Waals surface area (Å²) >= 11 is 14.5. The Bertz CT molecular complexity index is 890. The number of aromatic nitrogens is 1. The van der Waals surface area contributed by atoms with Gasteiger partial charge in [0.15, 0.2) is 0 Å². The van der Waals surface area contributed by atoms with Gasteiger partial charge in [0.2, 0.25) is 0 Å². The molecule has 4 heteroatoms. The molecule has 1 aliphatic heterocycles. The fraction of sp³-hybridized carbons (Fsp3) is 0.118. The molecule has 1 aliphatic rings. The van der Waals surface area contributed by atoms with Gasteiger partial charge in [-0.1, -0.05) is 34.8 Å². The molecule has 0 fully saturated rings. The molecule has 0 amide bonds. The maximum Gasteiger partial charge on any atom is 0.0776 e. The summed E-state index contributed by atoms with van der Waals surface area (Å²) in [6.07, 6.45) is 0. The molecule has 4 rings (SSSR count). The number of benzene rings is 2. The van der Waals surface area contributed by atoms with Crippen LogP contribution < -0.4 is 0 Å². The third kappa shape index (κ3) is 2.13. The van der Waals surface area contributed by atoms with Crippen molar-refractivity contribution in [2.75, 3.05) is 0 Å². The standard InChI is InChI=1S/C17H11Cl2NS/c1-9-2-5-15-12(6-9)17-13(8-21-15)16(19)11-7-10(18)3-4-14(11)20-17/h2-7H,8H2,1H3. The van der Waals surface area contributed by atoms with Crippen LogP contribution >= 0.6 is 35.0 Å². The van der Waals surface area contributed by atoms with Crippen molar-refractivity contribution in [3.63, 3.8) is 0 Å². The summed E-state index contributed by atoms with van der Waals surface area (Å²) in [6, 6.07) is 12.2. The van der Waals surface area contributed by atoms with E-state index in [2.05, 4.69) is 25.1 Å². The minimum absolute atomic E-state index is 0.686. The third-order valence-corrected chi connectivity index (χ3v) is 5.51. The topological polar surface area (TPSA) is 12.9 Å². The fourth-order valence-electron chi connectivity index (χ4n) is 2.70. The van der Waals surface area contributed by atoms with Gasteiger partial charge >= 0.3 is 0 Å². The quantitative estimate of drug-likeness (QED) is 0.492. The van der Waals surface area contributed by atoms with Crippen molar-refractivity contribution in [3.05, 3.63) is 57.6 Å². The highest BCUT2D eigenvalue weighted by atomic mass is 35.5. The monoisotopic (exact) mass is 331 g/mol. The predicted molar refractivity (Wildman–Crippen MR) is 91.5 cm³/mol. The van der Waals surface area contributed by atoms with Crippen LogP contribution in [0, 0.1) is 6.92 Å². The van der Waals surface area contributed by atoms with Crippen LogP contribution in [0.25, 0.3) is 22.2 Å². The minimum atomic E-state index is 0.686. The molecule has 0 saturated carbocycles. The van der Waals surface area contributed by atoms with E-state index in [1.165, 1.54) is 16.0 Å². The van der Waals surface area contributed by atoms with Gasteiger partial charge in [-0.05, 0) is 37.3 Å². The summed E-state index contributed by atoms with van der Waals surface area (Å²) in [5, 5.41) is 2.39. The van der Waals surface area contributed by atoms with E-state index in [1.54, 1.807) is 0 Å². The highest BCUT2D eigenvalue weighted by molar-refractivity contribution is 7.98. The van der Waals surface area contributed by atoms with E-state index in [0.717, 1.165) is 32.9 Å². The lowest BCUT2D eigenvalue weighted by Crippen LogP contribution is -2.01. The Morgan fingerprint density at radius 2 is 1.95 bits per heavy atom. The Morgan fingerprint density at radius 3 is 2.81 bits per heavy atom. The van der Waals surface area contributed by atoms with Crippen LogP contribution in [0.5, 0.6) is 0 Å². The van der Waals surface area contributed by atoms with Crippen molar-refractivity contribution in [2.24, 2.45) is 0 Å². The van der Waals surface area contributed by atoms with Crippen LogP contribution in [-0.4, -0.2) is 4.98 Å². The number of aryl methyl sites for hydroxylation is 1. The van der Waals surface area contributed by atoms with Gasteiger partial charge in [-0.15, -0.1) is 11.8 Å². The van der Waals surface area contributed by atoms with Crippen LogP contribution in [0.15, 0.2) is 41.3 Å². The zero-order valence-electron chi connectivity index (χ0n) is 11.3. The van der Waals surface area contributed by atoms with Gasteiger partial charge in [0.05, 0.1) is 16.2 Å². The number of hydrogen-bond donors (Lipinski definition) is 0. The van der Waals surface area contributed by atoms with E-state index in [1.807, 2.05) is 30.0 Å². The molecule has 0 radical (unpaired) electrons. The van der Waals surface area contributed by atoms with Crippen molar-refractivity contribution < 1.29 is 0 Å². The Hall–Kier alpha value is -1.22. The summed E-state index contributed by atoms with van der Waals surface area (Å²) in [4.78, 5) is 6.11. The molecular weight excluding hydrogens is 321 g/mol. The van der Waals surface area contributed by atoms with Crippen LogP contribution in [-0.2, 0) is 5.75 Å². The average Bonchev–Trinajstić information content (AvgIpc) is 2.48. The smallest absolute Gasteiger partial charge is 0.0776 e. The Morgan fingerprint density at radius 1 is 1.10 bits per heavy atom. The molecule has 1 aromatic heterocycles. The van der Waals surface area contributed by atoms with Gasteiger partial charge < -0.3 is 0 Å². The lowest BCUT2D eigenvalue weighted by Gasteiger charge is -2.21. The first kappa shape index (κ1) is 13.4. The van der Waals surface area contributed by atoms with Crippen molar-refractivity contribution in [1.82, 2.24) is 4.98 Å². The van der Waals surface area contributed by atoms with Crippen LogP contribution in [0.2, 0.25) is 10.0 Å². The molecule has 0 spiro atoms. The molecule has 0 bridgehead atoms. The first-order valence-corrected chi connectivity index (χ1v) is 8.39. The number of pyridine rings is 1. The van der Waals surface area contributed by atoms with Gasteiger partial charge in [0, 0.05) is 32.2 Å². The highest BCUT2D eigenvalue weighted by Crippen LogP contribution is 2.45. The molecule has 3 aromatic rings. The molecule has 2 heterocycles. The molecule has 21 heavy (non-hydrogen) atoms. The zero-order valence-corrected chi connectivity index (χ0v) is 13.6. The van der Waals surface area contributed by atoms with Crippen molar-refractivity contribution in [3.8, 4) is 11.3 Å². The molecular formula is C17H11Cl2NS. The summed E-state index contributed by atoms with van der Waals surface area (Å²) in [6.45, 7) is 2.10. The second-order valence-corrected chi connectivity index (χ2v) is 7.03. The molecule has 0 aliphatic carbocycles. The van der Waals surface area contributed by atoms with E-state index < -0.39 is 0 Å². The Kier molecular flexibility index (Phi) is 3.14. The number of nitrogens with zero attached hydrogens (tertiary/aromatic N) is 1. The highest BCUT2D eigenvalue weighted by Gasteiger charge is 2.22. The van der Waals surface area contributed by atoms with Crippen LogP contribution in [0.4, 0.5) is 0 Å². The van der Waals surface area contributed by atoms with Gasteiger partial charge in [0.1, 0.15) is 0 Å². The van der Waals surface area contributed by atoms with Gasteiger partial charge in [-0.25, -0.2) is 4.98 Å². The molecule has 0 N–H and O–H groups in total. The second-order valence-electron chi connectivity index (χ2n) is 5.20. The third-order valence-electron chi connectivity index (χ3n) is 3.74. The van der Waals surface area contributed by atoms with Crippen LogP contribution in [0.1, 0.15) is 11.1 Å². The van der Waals surface area contributed by atoms with E-state index in [9.17, 15) is 0 Å². The Balaban J connectivity index is 2.08.